The lowest BCUT2D eigenvalue weighted by atomic mass is 10.1. The van der Waals surface area contributed by atoms with Gasteiger partial charge in [-0.3, -0.25) is 4.79 Å². The number of Topliss-reactive ketones (excluding diaryl/α,β-unsaturated/α-hetero) is 1. The number of aryl methyl sites for hydroxylation is 2. The maximum Gasteiger partial charge on any atom is 0.196 e. The number of aromatic nitrogens is 2. The van der Waals surface area contributed by atoms with Crippen molar-refractivity contribution in [2.75, 3.05) is 0 Å². The van der Waals surface area contributed by atoms with Crippen LogP contribution in [0.5, 0.6) is 0 Å². The molecule has 3 heteroatoms. The molecule has 0 radical (unpaired) electrons. The fourth-order valence-electron chi connectivity index (χ4n) is 1.82. The van der Waals surface area contributed by atoms with Gasteiger partial charge in [0.05, 0.1) is 0 Å². The summed E-state index contributed by atoms with van der Waals surface area (Å²) in [5.74, 6) is 0.322. The first-order valence-corrected chi connectivity index (χ1v) is 5.13. The highest BCUT2D eigenvalue weighted by Crippen LogP contribution is 2.17. The molecule has 1 aromatic heterocycles. The molecule has 3 nitrogen and oxygen atoms in total. The van der Waals surface area contributed by atoms with Gasteiger partial charge >= 0.3 is 0 Å². The SMILES string of the molecule is CC(=O)c1ncc2c(n1)CCCCC2. The summed E-state index contributed by atoms with van der Waals surface area (Å²) >= 11 is 0. The molecular weight excluding hydrogens is 176 g/mol. The molecule has 0 amide bonds. The van der Waals surface area contributed by atoms with Crippen molar-refractivity contribution in [1.82, 2.24) is 9.97 Å². The van der Waals surface area contributed by atoms with Crippen LogP contribution in [0.3, 0.4) is 0 Å². The van der Waals surface area contributed by atoms with Crippen LogP contribution in [0, 0.1) is 0 Å². The van der Waals surface area contributed by atoms with E-state index in [4.69, 9.17) is 0 Å². The third-order valence-electron chi connectivity index (χ3n) is 2.63. The maximum atomic E-state index is 11.1. The fourth-order valence-corrected chi connectivity index (χ4v) is 1.82. The number of fused-ring (bicyclic) bond motifs is 1. The lowest BCUT2D eigenvalue weighted by Gasteiger charge is -2.04. The number of nitrogens with zero attached hydrogens (tertiary/aromatic N) is 2. The van der Waals surface area contributed by atoms with Crippen molar-refractivity contribution in [1.29, 1.82) is 0 Å². The molecule has 1 aliphatic rings. The zero-order valence-corrected chi connectivity index (χ0v) is 8.42. The van der Waals surface area contributed by atoms with E-state index in [2.05, 4.69) is 9.97 Å². The molecule has 0 spiro atoms. The van der Waals surface area contributed by atoms with Gasteiger partial charge in [-0.1, -0.05) is 6.42 Å². The Bertz CT molecular complexity index is 360. The van der Waals surface area contributed by atoms with Crippen LogP contribution in [0.4, 0.5) is 0 Å². The lowest BCUT2D eigenvalue weighted by Crippen LogP contribution is -2.06. The lowest BCUT2D eigenvalue weighted by molar-refractivity contribution is 0.100. The number of hydrogen-bond donors (Lipinski definition) is 0. The third-order valence-corrected chi connectivity index (χ3v) is 2.63. The van der Waals surface area contributed by atoms with Crippen molar-refractivity contribution in [2.45, 2.75) is 39.0 Å². The quantitative estimate of drug-likeness (QED) is 0.502. The molecule has 1 aliphatic carbocycles. The number of hydrogen-bond acceptors (Lipinski definition) is 3. The molecule has 0 bridgehead atoms. The fraction of sp³-hybridized carbons (Fsp3) is 0.545. The standard InChI is InChI=1S/C11H14N2O/c1-8(14)11-12-7-9-5-3-2-4-6-10(9)13-11/h7H,2-6H2,1H3. The van der Waals surface area contributed by atoms with Crippen LogP contribution in [-0.2, 0) is 12.8 Å². The van der Waals surface area contributed by atoms with E-state index in [0.717, 1.165) is 18.5 Å². The largest absolute Gasteiger partial charge is 0.291 e. The predicted molar refractivity (Wildman–Crippen MR) is 53.3 cm³/mol. The number of carbonyl (C=O) groups is 1. The Morgan fingerprint density at radius 2 is 2.07 bits per heavy atom. The molecule has 0 aromatic carbocycles. The average molecular weight is 190 g/mol. The monoisotopic (exact) mass is 190 g/mol. The molecule has 1 heterocycles. The molecule has 0 saturated carbocycles. The summed E-state index contributed by atoms with van der Waals surface area (Å²) in [6.07, 6.45) is 7.54. The van der Waals surface area contributed by atoms with Gasteiger partial charge in [0.2, 0.25) is 0 Å². The molecule has 0 atom stereocenters. The summed E-state index contributed by atoms with van der Waals surface area (Å²) < 4.78 is 0. The van der Waals surface area contributed by atoms with Crippen LogP contribution >= 0.6 is 0 Å². The molecule has 74 valence electrons. The van der Waals surface area contributed by atoms with E-state index < -0.39 is 0 Å². The summed E-state index contributed by atoms with van der Waals surface area (Å²) in [5, 5.41) is 0. The normalized spacial score (nSPS) is 15.8. The second kappa shape index (κ2) is 3.86. The van der Waals surface area contributed by atoms with E-state index >= 15 is 0 Å². The summed E-state index contributed by atoms with van der Waals surface area (Å²) in [6.45, 7) is 1.51. The third kappa shape index (κ3) is 1.81. The van der Waals surface area contributed by atoms with E-state index in [1.54, 1.807) is 0 Å². The first kappa shape index (κ1) is 9.31. The topological polar surface area (TPSA) is 42.9 Å². The molecule has 0 fully saturated rings. The number of carbonyl (C=O) groups excluding carboxylic acids is 1. The van der Waals surface area contributed by atoms with Crippen molar-refractivity contribution in [2.24, 2.45) is 0 Å². The van der Waals surface area contributed by atoms with Crippen molar-refractivity contribution in [3.8, 4) is 0 Å². The van der Waals surface area contributed by atoms with Crippen LogP contribution < -0.4 is 0 Å². The van der Waals surface area contributed by atoms with Gasteiger partial charge in [0.15, 0.2) is 11.6 Å². The summed E-state index contributed by atoms with van der Waals surface area (Å²) in [4.78, 5) is 19.5. The van der Waals surface area contributed by atoms with Crippen molar-refractivity contribution in [3.05, 3.63) is 23.3 Å². The summed E-state index contributed by atoms with van der Waals surface area (Å²) in [5.41, 5.74) is 2.32. The Balaban J connectivity index is 2.37. The molecule has 2 rings (SSSR count). The number of rotatable bonds is 1. The molecule has 1 aromatic rings. The van der Waals surface area contributed by atoms with Crippen molar-refractivity contribution >= 4 is 5.78 Å². The average Bonchev–Trinajstić information content (AvgIpc) is 2.41. The highest BCUT2D eigenvalue weighted by Gasteiger charge is 2.12. The smallest absolute Gasteiger partial charge is 0.196 e. The minimum atomic E-state index is -0.0444. The van der Waals surface area contributed by atoms with Crippen LogP contribution in [0.25, 0.3) is 0 Å². The van der Waals surface area contributed by atoms with Gasteiger partial charge in [0.25, 0.3) is 0 Å². The zero-order valence-electron chi connectivity index (χ0n) is 8.42. The molecule has 0 aliphatic heterocycles. The maximum absolute atomic E-state index is 11.1. The van der Waals surface area contributed by atoms with E-state index in [0.29, 0.717) is 5.82 Å². The van der Waals surface area contributed by atoms with E-state index in [-0.39, 0.29) is 5.78 Å². The van der Waals surface area contributed by atoms with Crippen molar-refractivity contribution < 1.29 is 4.79 Å². The number of ketones is 1. The Morgan fingerprint density at radius 3 is 2.86 bits per heavy atom. The van der Waals surface area contributed by atoms with Gasteiger partial charge in [-0.2, -0.15) is 0 Å². The summed E-state index contributed by atoms with van der Waals surface area (Å²) in [7, 11) is 0. The molecule has 0 unspecified atom stereocenters. The molecule has 14 heavy (non-hydrogen) atoms. The van der Waals surface area contributed by atoms with Gasteiger partial charge in [0.1, 0.15) is 0 Å². The minimum absolute atomic E-state index is 0.0444. The van der Waals surface area contributed by atoms with Gasteiger partial charge in [-0.25, -0.2) is 9.97 Å². The van der Waals surface area contributed by atoms with Crippen LogP contribution in [0.15, 0.2) is 6.20 Å². The van der Waals surface area contributed by atoms with Gasteiger partial charge < -0.3 is 0 Å². The van der Waals surface area contributed by atoms with Crippen LogP contribution in [0.1, 0.15) is 48.1 Å². The predicted octanol–water partition coefficient (Wildman–Crippen LogP) is 1.95. The van der Waals surface area contributed by atoms with E-state index in [1.165, 1.54) is 31.7 Å². The molecule has 0 saturated heterocycles. The highest BCUT2D eigenvalue weighted by atomic mass is 16.1. The molecule has 0 N–H and O–H groups in total. The zero-order chi connectivity index (χ0) is 9.97. The van der Waals surface area contributed by atoms with E-state index in [9.17, 15) is 4.79 Å². The first-order chi connectivity index (χ1) is 6.77. The molecular formula is C11H14N2O. The second-order valence-corrected chi connectivity index (χ2v) is 3.78. The van der Waals surface area contributed by atoms with Gasteiger partial charge in [-0.15, -0.1) is 0 Å². The Hall–Kier alpha value is -1.25. The highest BCUT2D eigenvalue weighted by molar-refractivity contribution is 5.90. The Morgan fingerprint density at radius 1 is 1.29 bits per heavy atom. The first-order valence-electron chi connectivity index (χ1n) is 5.13. The van der Waals surface area contributed by atoms with Crippen LogP contribution in [0.2, 0.25) is 0 Å². The Labute approximate surface area is 83.6 Å². The Kier molecular flexibility index (Phi) is 2.57. The van der Waals surface area contributed by atoms with Gasteiger partial charge in [0, 0.05) is 18.8 Å². The van der Waals surface area contributed by atoms with Crippen LogP contribution in [-0.4, -0.2) is 15.8 Å². The van der Waals surface area contributed by atoms with Crippen molar-refractivity contribution in [3.63, 3.8) is 0 Å². The van der Waals surface area contributed by atoms with Gasteiger partial charge in [-0.05, 0) is 31.2 Å². The van der Waals surface area contributed by atoms with E-state index in [1.807, 2.05) is 6.20 Å². The summed E-state index contributed by atoms with van der Waals surface area (Å²) in [6, 6.07) is 0. The second-order valence-electron chi connectivity index (χ2n) is 3.78. The minimum Gasteiger partial charge on any atom is -0.291 e.